The lowest BCUT2D eigenvalue weighted by Gasteiger charge is -2.33. The zero-order valence-electron chi connectivity index (χ0n) is 9.24. The second kappa shape index (κ2) is 4.69. The van der Waals surface area contributed by atoms with Gasteiger partial charge in [-0.3, -0.25) is 16.3 Å². The molecule has 0 aromatic carbocycles. The van der Waals surface area contributed by atoms with E-state index in [0.717, 1.165) is 18.6 Å². The lowest BCUT2D eigenvalue weighted by Crippen LogP contribution is -2.41. The van der Waals surface area contributed by atoms with Gasteiger partial charge in [0.2, 0.25) is 0 Å². The van der Waals surface area contributed by atoms with Crippen LogP contribution >= 0.6 is 11.8 Å². The minimum atomic E-state index is -0.292. The highest BCUT2D eigenvalue weighted by Crippen LogP contribution is 2.46. The van der Waals surface area contributed by atoms with Crippen molar-refractivity contribution in [3.8, 4) is 0 Å². The first-order valence-electron chi connectivity index (χ1n) is 5.37. The molecule has 0 saturated carbocycles. The number of nitrogens with zero attached hydrogens (tertiary/aromatic N) is 1. The van der Waals surface area contributed by atoms with E-state index in [4.69, 9.17) is 5.84 Å². The van der Waals surface area contributed by atoms with Crippen molar-refractivity contribution in [3.05, 3.63) is 29.8 Å². The van der Waals surface area contributed by atoms with Gasteiger partial charge in [0.1, 0.15) is 5.82 Å². The molecule has 1 aliphatic rings. The first kappa shape index (κ1) is 11.8. The predicted molar refractivity (Wildman–Crippen MR) is 64.4 cm³/mol. The van der Waals surface area contributed by atoms with Gasteiger partial charge in [0.05, 0.1) is 12.2 Å². The van der Waals surface area contributed by atoms with Gasteiger partial charge in [-0.25, -0.2) is 4.39 Å². The van der Waals surface area contributed by atoms with Crippen LogP contribution in [0.4, 0.5) is 4.39 Å². The van der Waals surface area contributed by atoms with Crippen LogP contribution in [0.15, 0.2) is 18.5 Å². The average Bonchev–Trinajstić information content (AvgIpc) is 2.70. The molecule has 5 heteroatoms. The summed E-state index contributed by atoms with van der Waals surface area (Å²) < 4.78 is 13.7. The Kier molecular flexibility index (Phi) is 3.47. The summed E-state index contributed by atoms with van der Waals surface area (Å²) in [6.45, 7) is 2.13. The van der Waals surface area contributed by atoms with E-state index in [1.54, 1.807) is 12.3 Å². The SMILES string of the molecule is CC1(C(NN)c2ccncc2F)CCCS1. The van der Waals surface area contributed by atoms with Crippen molar-refractivity contribution in [2.75, 3.05) is 5.75 Å². The molecule has 1 aromatic rings. The van der Waals surface area contributed by atoms with Crippen LogP contribution in [0.25, 0.3) is 0 Å². The Morgan fingerprint density at radius 1 is 1.69 bits per heavy atom. The first-order chi connectivity index (χ1) is 7.67. The molecule has 3 N–H and O–H groups in total. The number of hydrogen-bond acceptors (Lipinski definition) is 4. The van der Waals surface area contributed by atoms with Gasteiger partial charge in [-0.05, 0) is 31.6 Å². The predicted octanol–water partition coefficient (Wildman–Crippen LogP) is 2.01. The maximum atomic E-state index is 13.7. The highest BCUT2D eigenvalue weighted by atomic mass is 32.2. The fraction of sp³-hybridized carbons (Fsp3) is 0.545. The summed E-state index contributed by atoms with van der Waals surface area (Å²) in [5.74, 6) is 6.41. The summed E-state index contributed by atoms with van der Waals surface area (Å²) in [6.07, 6.45) is 5.05. The molecular weight excluding hydrogens is 225 g/mol. The standard InChI is InChI=1S/C11H16FN3S/c1-11(4-2-6-16-11)10(15-13)8-3-5-14-7-9(8)12/h3,5,7,10,15H,2,4,6,13H2,1H3. The molecule has 1 aromatic heterocycles. The van der Waals surface area contributed by atoms with Gasteiger partial charge in [0.25, 0.3) is 0 Å². The van der Waals surface area contributed by atoms with Gasteiger partial charge in [0, 0.05) is 16.5 Å². The van der Waals surface area contributed by atoms with E-state index in [0.29, 0.717) is 5.56 Å². The van der Waals surface area contributed by atoms with Crippen LogP contribution in [0.3, 0.4) is 0 Å². The second-order valence-electron chi connectivity index (χ2n) is 4.26. The van der Waals surface area contributed by atoms with Crippen LogP contribution in [0.2, 0.25) is 0 Å². The number of halogens is 1. The molecule has 0 radical (unpaired) electrons. The molecule has 2 unspecified atom stereocenters. The fourth-order valence-corrected chi connectivity index (χ4v) is 3.65. The van der Waals surface area contributed by atoms with Crippen LogP contribution < -0.4 is 11.3 Å². The number of hydrazine groups is 1. The van der Waals surface area contributed by atoms with Crippen molar-refractivity contribution in [1.29, 1.82) is 0 Å². The van der Waals surface area contributed by atoms with E-state index in [1.807, 2.05) is 11.8 Å². The van der Waals surface area contributed by atoms with Crippen LogP contribution in [0.1, 0.15) is 31.4 Å². The Bertz CT molecular complexity index is 366. The van der Waals surface area contributed by atoms with Crippen LogP contribution in [-0.2, 0) is 0 Å². The minimum absolute atomic E-state index is 0.0308. The van der Waals surface area contributed by atoms with Crippen molar-refractivity contribution < 1.29 is 4.39 Å². The summed E-state index contributed by atoms with van der Waals surface area (Å²) in [5, 5.41) is 0. The number of rotatable bonds is 3. The highest BCUT2D eigenvalue weighted by molar-refractivity contribution is 8.00. The van der Waals surface area contributed by atoms with E-state index in [9.17, 15) is 4.39 Å². The molecular formula is C11H16FN3S. The number of nitrogens with two attached hydrogens (primary N) is 1. The molecule has 1 fully saturated rings. The Labute approximate surface area is 99.0 Å². The maximum absolute atomic E-state index is 13.7. The zero-order valence-corrected chi connectivity index (χ0v) is 10.1. The third-order valence-corrected chi connectivity index (χ3v) is 4.73. The van der Waals surface area contributed by atoms with E-state index >= 15 is 0 Å². The monoisotopic (exact) mass is 241 g/mol. The van der Waals surface area contributed by atoms with E-state index in [2.05, 4.69) is 17.3 Å². The van der Waals surface area contributed by atoms with Crippen molar-refractivity contribution in [2.24, 2.45) is 5.84 Å². The minimum Gasteiger partial charge on any atom is -0.271 e. The molecule has 0 spiro atoms. The number of hydrogen-bond donors (Lipinski definition) is 2. The Morgan fingerprint density at radius 3 is 3.06 bits per heavy atom. The van der Waals surface area contributed by atoms with Gasteiger partial charge in [-0.2, -0.15) is 11.8 Å². The topological polar surface area (TPSA) is 50.9 Å². The molecule has 88 valence electrons. The van der Waals surface area contributed by atoms with Gasteiger partial charge in [-0.1, -0.05) is 0 Å². The van der Waals surface area contributed by atoms with Crippen molar-refractivity contribution in [2.45, 2.75) is 30.6 Å². The van der Waals surface area contributed by atoms with Crippen molar-refractivity contribution in [1.82, 2.24) is 10.4 Å². The number of aromatic nitrogens is 1. The van der Waals surface area contributed by atoms with Gasteiger partial charge in [0.15, 0.2) is 0 Å². The molecule has 1 aliphatic heterocycles. The van der Waals surface area contributed by atoms with Crippen molar-refractivity contribution in [3.63, 3.8) is 0 Å². The lowest BCUT2D eigenvalue weighted by atomic mass is 9.91. The molecule has 16 heavy (non-hydrogen) atoms. The molecule has 3 nitrogen and oxygen atoms in total. The van der Waals surface area contributed by atoms with Crippen molar-refractivity contribution >= 4 is 11.8 Å². The molecule has 1 saturated heterocycles. The highest BCUT2D eigenvalue weighted by Gasteiger charge is 2.39. The first-order valence-corrected chi connectivity index (χ1v) is 6.35. The lowest BCUT2D eigenvalue weighted by molar-refractivity contribution is 0.405. The summed E-state index contributed by atoms with van der Waals surface area (Å²) in [5.41, 5.74) is 3.36. The number of nitrogens with one attached hydrogen (secondary N) is 1. The van der Waals surface area contributed by atoms with Gasteiger partial charge < -0.3 is 0 Å². The number of pyridine rings is 1. The third-order valence-electron chi connectivity index (χ3n) is 3.14. The molecule has 0 bridgehead atoms. The van der Waals surface area contributed by atoms with Gasteiger partial charge in [-0.15, -0.1) is 0 Å². The molecule has 0 aliphatic carbocycles. The van der Waals surface area contributed by atoms with Crippen LogP contribution in [-0.4, -0.2) is 15.5 Å². The average molecular weight is 241 g/mol. The smallest absolute Gasteiger partial charge is 0.146 e. The molecule has 0 amide bonds. The quantitative estimate of drug-likeness (QED) is 0.628. The molecule has 2 atom stereocenters. The molecule has 2 heterocycles. The summed E-state index contributed by atoms with van der Waals surface area (Å²) in [6, 6.07) is 1.53. The second-order valence-corrected chi connectivity index (χ2v) is 5.89. The fourth-order valence-electron chi connectivity index (χ4n) is 2.24. The maximum Gasteiger partial charge on any atom is 0.146 e. The summed E-state index contributed by atoms with van der Waals surface area (Å²) in [7, 11) is 0. The van der Waals surface area contributed by atoms with E-state index in [-0.39, 0.29) is 16.6 Å². The van der Waals surface area contributed by atoms with Crippen LogP contribution in [0.5, 0.6) is 0 Å². The largest absolute Gasteiger partial charge is 0.271 e. The summed E-state index contributed by atoms with van der Waals surface area (Å²) in [4.78, 5) is 3.76. The van der Waals surface area contributed by atoms with E-state index < -0.39 is 0 Å². The Balaban J connectivity index is 2.32. The molecule has 2 rings (SSSR count). The third kappa shape index (κ3) is 2.07. The zero-order chi connectivity index (χ0) is 11.6. The van der Waals surface area contributed by atoms with Crippen LogP contribution in [0, 0.1) is 5.82 Å². The normalized spacial score (nSPS) is 26.9. The van der Waals surface area contributed by atoms with E-state index in [1.165, 1.54) is 6.20 Å². The Hall–Kier alpha value is -0.650. The van der Waals surface area contributed by atoms with Gasteiger partial charge >= 0.3 is 0 Å². The number of thioether (sulfide) groups is 1. The Morgan fingerprint density at radius 2 is 2.50 bits per heavy atom. The summed E-state index contributed by atoms with van der Waals surface area (Å²) >= 11 is 1.85.